The van der Waals surface area contributed by atoms with Crippen molar-refractivity contribution in [3.63, 3.8) is 0 Å². The number of aryl methyl sites for hydroxylation is 1. The lowest BCUT2D eigenvalue weighted by atomic mass is 10.2. The van der Waals surface area contributed by atoms with Crippen LogP contribution in [0.25, 0.3) is 0 Å². The molecule has 0 bridgehead atoms. The Morgan fingerprint density at radius 1 is 1.18 bits per heavy atom. The summed E-state index contributed by atoms with van der Waals surface area (Å²) in [6.07, 6.45) is 0. The molecule has 1 aromatic rings. The fourth-order valence-electron chi connectivity index (χ4n) is 1.39. The van der Waals surface area contributed by atoms with Crippen LogP contribution in [0.1, 0.15) is 11.3 Å². The number of urea groups is 1. The second kappa shape index (κ2) is 4.99. The number of aromatic nitrogens is 2. The summed E-state index contributed by atoms with van der Waals surface area (Å²) in [5.41, 5.74) is 1.77. The Bertz CT molecular complexity index is 430. The van der Waals surface area contributed by atoms with Crippen molar-refractivity contribution >= 4 is 17.8 Å². The number of nitrogens with zero attached hydrogens (tertiary/aromatic N) is 4. The van der Waals surface area contributed by atoms with Crippen LogP contribution >= 0.6 is 0 Å². The van der Waals surface area contributed by atoms with Gasteiger partial charge in [0.2, 0.25) is 5.95 Å². The highest BCUT2D eigenvalue weighted by Crippen LogP contribution is 2.21. The first-order valence-corrected chi connectivity index (χ1v) is 5.36. The Hall–Kier alpha value is -1.85. The topological polar surface area (TPSA) is 61.4 Å². The van der Waals surface area contributed by atoms with E-state index in [1.165, 1.54) is 4.90 Å². The van der Waals surface area contributed by atoms with Gasteiger partial charge in [-0.3, -0.25) is 4.90 Å². The standard InChI is InChI=1S/C11H19N5O/c1-7-8(2)13-10(15(4)5)14-9(7)16(6)11(17)12-3/h1-6H3,(H,12,17). The molecule has 1 aromatic heterocycles. The first-order valence-electron chi connectivity index (χ1n) is 5.36. The fourth-order valence-corrected chi connectivity index (χ4v) is 1.39. The van der Waals surface area contributed by atoms with E-state index in [1.54, 1.807) is 14.1 Å². The molecule has 6 heteroatoms. The van der Waals surface area contributed by atoms with Crippen LogP contribution in [0.5, 0.6) is 0 Å². The van der Waals surface area contributed by atoms with Crippen molar-refractivity contribution in [3.05, 3.63) is 11.3 Å². The highest BCUT2D eigenvalue weighted by Gasteiger charge is 2.16. The van der Waals surface area contributed by atoms with Gasteiger partial charge in [-0.1, -0.05) is 0 Å². The van der Waals surface area contributed by atoms with Gasteiger partial charge in [0, 0.05) is 39.4 Å². The van der Waals surface area contributed by atoms with Crippen molar-refractivity contribution in [2.24, 2.45) is 0 Å². The molecule has 0 saturated heterocycles. The van der Waals surface area contributed by atoms with E-state index < -0.39 is 0 Å². The minimum absolute atomic E-state index is 0.198. The lowest BCUT2D eigenvalue weighted by molar-refractivity contribution is 0.249. The first-order chi connectivity index (χ1) is 7.88. The molecule has 0 aliphatic rings. The normalized spacial score (nSPS) is 10.0. The van der Waals surface area contributed by atoms with E-state index >= 15 is 0 Å². The average Bonchev–Trinajstić information content (AvgIpc) is 2.30. The Labute approximate surface area is 102 Å². The van der Waals surface area contributed by atoms with Crippen LogP contribution in [0.2, 0.25) is 0 Å². The van der Waals surface area contributed by atoms with Gasteiger partial charge < -0.3 is 10.2 Å². The second-order valence-corrected chi connectivity index (χ2v) is 4.07. The van der Waals surface area contributed by atoms with Crippen molar-refractivity contribution in [2.45, 2.75) is 13.8 Å². The van der Waals surface area contributed by atoms with Gasteiger partial charge in [-0.15, -0.1) is 0 Å². The maximum atomic E-state index is 11.6. The Kier molecular flexibility index (Phi) is 3.88. The molecular weight excluding hydrogens is 218 g/mol. The quantitative estimate of drug-likeness (QED) is 0.831. The lowest BCUT2D eigenvalue weighted by Gasteiger charge is -2.21. The van der Waals surface area contributed by atoms with Crippen LogP contribution < -0.4 is 15.1 Å². The Morgan fingerprint density at radius 2 is 1.76 bits per heavy atom. The Balaban J connectivity index is 3.27. The van der Waals surface area contributed by atoms with E-state index in [4.69, 9.17) is 0 Å². The maximum absolute atomic E-state index is 11.6. The summed E-state index contributed by atoms with van der Waals surface area (Å²) in [5.74, 6) is 1.22. The number of carbonyl (C=O) groups is 1. The van der Waals surface area contributed by atoms with E-state index in [0.29, 0.717) is 11.8 Å². The van der Waals surface area contributed by atoms with Crippen molar-refractivity contribution in [2.75, 3.05) is 38.0 Å². The van der Waals surface area contributed by atoms with Gasteiger partial charge in [0.15, 0.2) is 0 Å². The molecule has 1 heterocycles. The van der Waals surface area contributed by atoms with Gasteiger partial charge in [-0.25, -0.2) is 9.78 Å². The van der Waals surface area contributed by atoms with Crippen molar-refractivity contribution in [1.82, 2.24) is 15.3 Å². The smallest absolute Gasteiger partial charge is 0.322 e. The minimum Gasteiger partial charge on any atom is -0.347 e. The highest BCUT2D eigenvalue weighted by atomic mass is 16.2. The molecule has 17 heavy (non-hydrogen) atoms. The number of carbonyl (C=O) groups excluding carboxylic acids is 1. The van der Waals surface area contributed by atoms with Crippen LogP contribution in [0.15, 0.2) is 0 Å². The molecule has 0 aromatic carbocycles. The lowest BCUT2D eigenvalue weighted by Crippen LogP contribution is -2.36. The predicted molar refractivity (Wildman–Crippen MR) is 68.7 cm³/mol. The predicted octanol–water partition coefficient (Wildman–Crippen LogP) is 0.935. The van der Waals surface area contributed by atoms with Crippen LogP contribution in [0.3, 0.4) is 0 Å². The third kappa shape index (κ3) is 2.64. The van der Waals surface area contributed by atoms with Gasteiger partial charge in [-0.05, 0) is 13.8 Å². The number of amides is 2. The SMILES string of the molecule is CNC(=O)N(C)c1nc(N(C)C)nc(C)c1C. The second-order valence-electron chi connectivity index (χ2n) is 4.07. The van der Waals surface area contributed by atoms with E-state index in [1.807, 2.05) is 32.8 Å². The van der Waals surface area contributed by atoms with Crippen molar-refractivity contribution in [1.29, 1.82) is 0 Å². The summed E-state index contributed by atoms with van der Waals surface area (Å²) in [6.45, 7) is 3.81. The molecule has 94 valence electrons. The number of rotatable bonds is 2. The van der Waals surface area contributed by atoms with E-state index in [-0.39, 0.29) is 6.03 Å². The summed E-state index contributed by atoms with van der Waals surface area (Å²) < 4.78 is 0. The first kappa shape index (κ1) is 13.2. The highest BCUT2D eigenvalue weighted by molar-refractivity contribution is 5.91. The zero-order valence-electron chi connectivity index (χ0n) is 11.2. The molecule has 0 unspecified atom stereocenters. The summed E-state index contributed by atoms with van der Waals surface area (Å²) in [5, 5.41) is 2.57. The molecule has 0 radical (unpaired) electrons. The molecule has 1 rings (SSSR count). The number of hydrogen-bond acceptors (Lipinski definition) is 4. The molecule has 0 fully saturated rings. The molecule has 0 atom stereocenters. The summed E-state index contributed by atoms with van der Waals surface area (Å²) >= 11 is 0. The fraction of sp³-hybridized carbons (Fsp3) is 0.545. The minimum atomic E-state index is -0.198. The van der Waals surface area contributed by atoms with E-state index in [0.717, 1.165) is 11.3 Å². The maximum Gasteiger partial charge on any atom is 0.322 e. The van der Waals surface area contributed by atoms with Crippen LogP contribution in [-0.2, 0) is 0 Å². The van der Waals surface area contributed by atoms with Gasteiger partial charge >= 0.3 is 6.03 Å². The molecule has 0 spiro atoms. The zero-order chi connectivity index (χ0) is 13.2. The summed E-state index contributed by atoms with van der Waals surface area (Å²) in [4.78, 5) is 23.6. The molecule has 0 aliphatic heterocycles. The molecule has 1 N–H and O–H groups in total. The molecular formula is C11H19N5O. The molecule has 0 aliphatic carbocycles. The average molecular weight is 237 g/mol. The molecule has 2 amide bonds. The van der Waals surface area contributed by atoms with E-state index in [9.17, 15) is 4.79 Å². The summed E-state index contributed by atoms with van der Waals surface area (Å²) in [7, 11) is 7.02. The van der Waals surface area contributed by atoms with Crippen LogP contribution in [0.4, 0.5) is 16.6 Å². The summed E-state index contributed by atoms with van der Waals surface area (Å²) in [6, 6.07) is -0.198. The van der Waals surface area contributed by atoms with E-state index in [2.05, 4.69) is 15.3 Å². The molecule has 0 saturated carbocycles. The Morgan fingerprint density at radius 3 is 2.24 bits per heavy atom. The van der Waals surface area contributed by atoms with Gasteiger partial charge in [0.05, 0.1) is 0 Å². The zero-order valence-corrected chi connectivity index (χ0v) is 11.2. The van der Waals surface area contributed by atoms with Crippen LogP contribution in [0, 0.1) is 13.8 Å². The third-order valence-electron chi connectivity index (χ3n) is 2.59. The van der Waals surface area contributed by atoms with Gasteiger partial charge in [0.1, 0.15) is 5.82 Å². The number of nitrogens with one attached hydrogen (secondary N) is 1. The monoisotopic (exact) mass is 237 g/mol. The molecule has 6 nitrogen and oxygen atoms in total. The number of anilines is 2. The van der Waals surface area contributed by atoms with Crippen LogP contribution in [-0.4, -0.2) is 44.2 Å². The number of hydrogen-bond donors (Lipinski definition) is 1. The van der Waals surface area contributed by atoms with Crippen molar-refractivity contribution < 1.29 is 4.79 Å². The largest absolute Gasteiger partial charge is 0.347 e. The van der Waals surface area contributed by atoms with Gasteiger partial charge in [0.25, 0.3) is 0 Å². The van der Waals surface area contributed by atoms with Gasteiger partial charge in [-0.2, -0.15) is 4.98 Å². The third-order valence-corrected chi connectivity index (χ3v) is 2.59. The van der Waals surface area contributed by atoms with Crippen molar-refractivity contribution in [3.8, 4) is 0 Å².